The molecule has 0 aromatic heterocycles. The van der Waals surface area contributed by atoms with Crippen LogP contribution in [0.15, 0.2) is 47.1 Å². The number of carbonyl (C=O) groups is 2. The lowest BCUT2D eigenvalue weighted by Crippen LogP contribution is -2.35. The van der Waals surface area contributed by atoms with Crippen LogP contribution in [0.5, 0.6) is 0 Å². The molecule has 1 aliphatic carbocycles. The predicted molar refractivity (Wildman–Crippen MR) is 93.4 cm³/mol. The van der Waals surface area contributed by atoms with Crippen LogP contribution in [0.25, 0.3) is 0 Å². The van der Waals surface area contributed by atoms with Crippen LogP contribution in [0.2, 0.25) is 0 Å². The van der Waals surface area contributed by atoms with E-state index in [0.717, 1.165) is 24.8 Å². The van der Waals surface area contributed by atoms with Crippen LogP contribution >= 0.6 is 0 Å². The van der Waals surface area contributed by atoms with E-state index in [0.29, 0.717) is 12.5 Å². The number of amides is 2. The van der Waals surface area contributed by atoms with Crippen molar-refractivity contribution in [2.75, 3.05) is 6.54 Å². The van der Waals surface area contributed by atoms with Crippen molar-refractivity contribution in [1.29, 1.82) is 0 Å². The van der Waals surface area contributed by atoms with Crippen LogP contribution in [0.1, 0.15) is 37.7 Å². The first-order valence-electron chi connectivity index (χ1n) is 8.46. The van der Waals surface area contributed by atoms with E-state index in [1.54, 1.807) is 6.21 Å². The molecule has 3 rings (SSSR count). The topological polar surface area (TPSA) is 70.6 Å². The standard InChI is InChI=1S/C19H23N3O2/c1-13-7-9-14(10-8-13)11-21-22-19(24)17-16(12-20-18(17)23)15-5-3-2-4-6-15/h2-7,11,14,16-17H,8-10,12H2,1H3,(H,20,23)(H,22,24)/b21-11+. The number of hydrogen-bond acceptors (Lipinski definition) is 3. The SMILES string of the molecule is CC1=CCC(/C=N/NC(=O)C2C(=O)NCC2c2ccccc2)CC1. The second-order valence-corrected chi connectivity index (χ2v) is 6.58. The number of benzene rings is 1. The van der Waals surface area contributed by atoms with Gasteiger partial charge >= 0.3 is 0 Å². The van der Waals surface area contributed by atoms with Gasteiger partial charge in [0.1, 0.15) is 5.92 Å². The zero-order valence-corrected chi connectivity index (χ0v) is 13.9. The first-order valence-corrected chi connectivity index (χ1v) is 8.46. The van der Waals surface area contributed by atoms with Gasteiger partial charge in [-0.25, -0.2) is 5.43 Å². The molecule has 1 saturated heterocycles. The van der Waals surface area contributed by atoms with Gasteiger partial charge in [-0.2, -0.15) is 5.10 Å². The molecule has 1 fully saturated rings. The van der Waals surface area contributed by atoms with Crippen LogP contribution in [-0.2, 0) is 9.59 Å². The average Bonchev–Trinajstić information content (AvgIpc) is 2.99. The molecule has 5 nitrogen and oxygen atoms in total. The number of carbonyl (C=O) groups excluding carboxylic acids is 2. The Morgan fingerprint density at radius 2 is 2.12 bits per heavy atom. The van der Waals surface area contributed by atoms with Crippen LogP contribution < -0.4 is 10.7 Å². The van der Waals surface area contributed by atoms with Crippen molar-refractivity contribution in [3.8, 4) is 0 Å². The molecule has 1 aliphatic heterocycles. The lowest BCUT2D eigenvalue weighted by atomic mass is 9.88. The molecule has 5 heteroatoms. The number of hydrogen-bond donors (Lipinski definition) is 2. The van der Waals surface area contributed by atoms with Gasteiger partial charge in [-0.1, -0.05) is 42.0 Å². The summed E-state index contributed by atoms with van der Waals surface area (Å²) in [5, 5.41) is 6.88. The maximum atomic E-state index is 12.4. The van der Waals surface area contributed by atoms with Gasteiger partial charge in [0.05, 0.1) is 0 Å². The maximum absolute atomic E-state index is 12.4. The molecule has 0 saturated carbocycles. The van der Waals surface area contributed by atoms with Crippen molar-refractivity contribution >= 4 is 18.0 Å². The summed E-state index contributed by atoms with van der Waals surface area (Å²) in [4.78, 5) is 24.5. The van der Waals surface area contributed by atoms with E-state index >= 15 is 0 Å². The summed E-state index contributed by atoms with van der Waals surface area (Å²) in [6.07, 6.45) is 7.11. The third-order valence-electron chi connectivity index (χ3n) is 4.83. The Balaban J connectivity index is 1.61. The van der Waals surface area contributed by atoms with Gasteiger partial charge in [0.2, 0.25) is 5.91 Å². The Bertz CT molecular complexity index is 666. The van der Waals surface area contributed by atoms with Crippen molar-refractivity contribution in [3.05, 3.63) is 47.5 Å². The Kier molecular flexibility index (Phi) is 5.08. The average molecular weight is 325 g/mol. The van der Waals surface area contributed by atoms with Crippen molar-refractivity contribution < 1.29 is 9.59 Å². The molecule has 1 heterocycles. The van der Waals surface area contributed by atoms with E-state index in [1.165, 1.54) is 5.57 Å². The zero-order valence-electron chi connectivity index (χ0n) is 13.9. The van der Waals surface area contributed by atoms with E-state index < -0.39 is 5.92 Å². The Morgan fingerprint density at radius 3 is 2.83 bits per heavy atom. The summed E-state index contributed by atoms with van der Waals surface area (Å²) in [5.74, 6) is -1.08. The summed E-state index contributed by atoms with van der Waals surface area (Å²) < 4.78 is 0. The summed E-state index contributed by atoms with van der Waals surface area (Å²) in [6, 6.07) is 9.66. The number of rotatable bonds is 4. The molecule has 2 amide bonds. The van der Waals surface area contributed by atoms with E-state index in [2.05, 4.69) is 28.8 Å². The Labute approximate surface area is 142 Å². The molecule has 0 bridgehead atoms. The normalized spacial score (nSPS) is 27.0. The summed E-state index contributed by atoms with van der Waals surface area (Å²) >= 11 is 0. The lowest BCUT2D eigenvalue weighted by molar-refractivity contribution is -0.133. The minimum absolute atomic E-state index is 0.144. The number of nitrogens with one attached hydrogen (secondary N) is 2. The highest BCUT2D eigenvalue weighted by atomic mass is 16.2. The van der Waals surface area contributed by atoms with Crippen molar-refractivity contribution in [1.82, 2.24) is 10.7 Å². The second-order valence-electron chi connectivity index (χ2n) is 6.58. The molecule has 1 aromatic rings. The van der Waals surface area contributed by atoms with Crippen LogP contribution in [0.3, 0.4) is 0 Å². The van der Waals surface area contributed by atoms with Gasteiger partial charge in [0.25, 0.3) is 5.91 Å². The van der Waals surface area contributed by atoms with Gasteiger partial charge in [0, 0.05) is 18.7 Å². The quantitative estimate of drug-likeness (QED) is 0.386. The molecule has 126 valence electrons. The summed E-state index contributed by atoms with van der Waals surface area (Å²) in [5.41, 5.74) is 4.97. The van der Waals surface area contributed by atoms with Gasteiger partial charge in [-0.15, -0.1) is 0 Å². The molecule has 1 aromatic carbocycles. The fourth-order valence-electron chi connectivity index (χ4n) is 3.33. The molecular formula is C19H23N3O2. The molecule has 2 N–H and O–H groups in total. The van der Waals surface area contributed by atoms with Crippen molar-refractivity contribution in [2.45, 2.75) is 32.1 Å². The predicted octanol–water partition coefficient (Wildman–Crippen LogP) is 2.36. The van der Waals surface area contributed by atoms with E-state index in [9.17, 15) is 9.59 Å². The monoisotopic (exact) mass is 325 g/mol. The van der Waals surface area contributed by atoms with Gasteiger partial charge in [-0.3, -0.25) is 9.59 Å². The molecule has 0 radical (unpaired) electrons. The fraction of sp³-hybridized carbons (Fsp3) is 0.421. The molecule has 24 heavy (non-hydrogen) atoms. The third kappa shape index (κ3) is 3.72. The minimum Gasteiger partial charge on any atom is -0.355 e. The first kappa shape index (κ1) is 16.4. The van der Waals surface area contributed by atoms with E-state index in [-0.39, 0.29) is 17.7 Å². The van der Waals surface area contributed by atoms with Gasteiger partial charge in [-0.05, 0) is 37.7 Å². The fourth-order valence-corrected chi connectivity index (χ4v) is 3.33. The second kappa shape index (κ2) is 7.43. The molecule has 2 aliphatic rings. The number of hydrazone groups is 1. The van der Waals surface area contributed by atoms with Crippen LogP contribution in [-0.4, -0.2) is 24.6 Å². The van der Waals surface area contributed by atoms with Gasteiger partial charge < -0.3 is 5.32 Å². The maximum Gasteiger partial charge on any atom is 0.253 e. The molecule has 0 spiro atoms. The third-order valence-corrected chi connectivity index (χ3v) is 4.83. The largest absolute Gasteiger partial charge is 0.355 e. The summed E-state index contributed by atoms with van der Waals surface area (Å²) in [6.45, 7) is 2.62. The lowest BCUT2D eigenvalue weighted by Gasteiger charge is -2.17. The Hall–Kier alpha value is -2.43. The van der Waals surface area contributed by atoms with E-state index in [1.807, 2.05) is 30.3 Å². The van der Waals surface area contributed by atoms with Crippen molar-refractivity contribution in [2.24, 2.45) is 16.9 Å². The highest BCUT2D eigenvalue weighted by Gasteiger charge is 2.40. The minimum atomic E-state index is -0.724. The highest BCUT2D eigenvalue weighted by Crippen LogP contribution is 2.29. The van der Waals surface area contributed by atoms with Crippen LogP contribution in [0, 0.1) is 11.8 Å². The van der Waals surface area contributed by atoms with Crippen molar-refractivity contribution in [3.63, 3.8) is 0 Å². The van der Waals surface area contributed by atoms with Gasteiger partial charge in [0.15, 0.2) is 0 Å². The number of allylic oxidation sites excluding steroid dienone is 2. The smallest absolute Gasteiger partial charge is 0.253 e. The molecule has 3 unspecified atom stereocenters. The van der Waals surface area contributed by atoms with Crippen LogP contribution in [0.4, 0.5) is 0 Å². The first-order chi connectivity index (χ1) is 11.6. The molecule has 3 atom stereocenters. The van der Waals surface area contributed by atoms with E-state index in [4.69, 9.17) is 0 Å². The Morgan fingerprint density at radius 1 is 1.33 bits per heavy atom. The zero-order chi connectivity index (χ0) is 16.9. The highest BCUT2D eigenvalue weighted by molar-refractivity contribution is 6.03. The molecular weight excluding hydrogens is 302 g/mol. The number of nitrogens with zero attached hydrogens (tertiary/aromatic N) is 1. The summed E-state index contributed by atoms with van der Waals surface area (Å²) in [7, 11) is 0.